The zero-order chi connectivity index (χ0) is 16.2. The molecule has 1 heterocycles. The summed E-state index contributed by atoms with van der Waals surface area (Å²) < 4.78 is 64.1. The van der Waals surface area contributed by atoms with Crippen LogP contribution in [0.2, 0.25) is 0 Å². The van der Waals surface area contributed by atoms with Gasteiger partial charge in [0.15, 0.2) is 0 Å². The topological polar surface area (TPSA) is 58.2 Å². The Balaban J connectivity index is 2.00. The van der Waals surface area contributed by atoms with Crippen molar-refractivity contribution >= 4 is 10.0 Å². The molecule has 1 aromatic carbocycles. The number of benzene rings is 1. The van der Waals surface area contributed by atoms with E-state index >= 15 is 0 Å². The molecule has 0 spiro atoms. The van der Waals surface area contributed by atoms with Crippen molar-refractivity contribution in [2.45, 2.75) is 30.3 Å². The number of halogens is 3. The largest absolute Gasteiger partial charge is 0.416 e. The van der Waals surface area contributed by atoms with Gasteiger partial charge in [0.2, 0.25) is 10.0 Å². The van der Waals surface area contributed by atoms with Crippen LogP contribution in [0.15, 0.2) is 29.2 Å². The summed E-state index contributed by atoms with van der Waals surface area (Å²) in [5, 5.41) is 3.24. The third-order valence-electron chi connectivity index (χ3n) is 3.75. The number of sulfonamides is 1. The van der Waals surface area contributed by atoms with Crippen molar-refractivity contribution in [2.75, 3.05) is 19.6 Å². The third-order valence-corrected chi connectivity index (χ3v) is 5.19. The van der Waals surface area contributed by atoms with Gasteiger partial charge in [-0.1, -0.05) is 0 Å². The van der Waals surface area contributed by atoms with Gasteiger partial charge in [-0.25, -0.2) is 13.1 Å². The lowest BCUT2D eigenvalue weighted by atomic mass is 10.0. The average molecular weight is 336 g/mol. The molecule has 1 aromatic rings. The quantitative estimate of drug-likeness (QED) is 0.887. The first-order valence-electron chi connectivity index (χ1n) is 7.17. The van der Waals surface area contributed by atoms with Crippen LogP contribution in [0.5, 0.6) is 0 Å². The van der Waals surface area contributed by atoms with Crippen molar-refractivity contribution < 1.29 is 21.6 Å². The number of hydrogen-bond acceptors (Lipinski definition) is 3. The Morgan fingerprint density at radius 1 is 1.14 bits per heavy atom. The van der Waals surface area contributed by atoms with E-state index in [1.807, 2.05) is 0 Å². The first kappa shape index (κ1) is 17.2. The summed E-state index contributed by atoms with van der Waals surface area (Å²) in [5.41, 5.74) is -0.860. The minimum Gasteiger partial charge on any atom is -0.317 e. The Kier molecular flexibility index (Phi) is 5.46. The number of nitrogens with one attached hydrogen (secondary N) is 2. The maximum Gasteiger partial charge on any atom is 0.416 e. The molecule has 1 saturated heterocycles. The molecule has 0 amide bonds. The molecule has 124 valence electrons. The number of rotatable bonds is 4. The van der Waals surface area contributed by atoms with Gasteiger partial charge in [0.25, 0.3) is 0 Å². The molecule has 2 rings (SSSR count). The summed E-state index contributed by atoms with van der Waals surface area (Å²) in [7, 11) is -3.77. The monoisotopic (exact) mass is 336 g/mol. The summed E-state index contributed by atoms with van der Waals surface area (Å²) in [5.74, 6) is 0.249. The predicted octanol–water partition coefficient (Wildman–Crippen LogP) is 2.37. The van der Waals surface area contributed by atoms with Crippen LogP contribution >= 0.6 is 0 Å². The smallest absolute Gasteiger partial charge is 0.317 e. The minimum absolute atomic E-state index is 0.146. The maximum absolute atomic E-state index is 12.5. The molecule has 2 N–H and O–H groups in total. The number of alkyl halides is 3. The van der Waals surface area contributed by atoms with E-state index in [-0.39, 0.29) is 10.8 Å². The predicted molar refractivity (Wildman–Crippen MR) is 76.8 cm³/mol. The fraction of sp³-hybridized carbons (Fsp3) is 0.571. The molecule has 1 aliphatic heterocycles. The normalized spacial score (nSPS) is 20.6. The van der Waals surface area contributed by atoms with Crippen molar-refractivity contribution in [1.82, 2.24) is 10.0 Å². The van der Waals surface area contributed by atoms with Gasteiger partial charge in [0.05, 0.1) is 10.5 Å². The highest BCUT2D eigenvalue weighted by molar-refractivity contribution is 7.89. The fourth-order valence-electron chi connectivity index (χ4n) is 2.43. The third kappa shape index (κ3) is 4.69. The highest BCUT2D eigenvalue weighted by Crippen LogP contribution is 2.29. The number of hydrogen-bond donors (Lipinski definition) is 2. The summed E-state index contributed by atoms with van der Waals surface area (Å²) in [6, 6.07) is 3.54. The van der Waals surface area contributed by atoms with Crippen LogP contribution in [0, 0.1) is 5.92 Å². The fourth-order valence-corrected chi connectivity index (χ4v) is 3.55. The van der Waals surface area contributed by atoms with Gasteiger partial charge in [-0.3, -0.25) is 0 Å². The summed E-state index contributed by atoms with van der Waals surface area (Å²) in [6.45, 7) is 2.10. The first-order chi connectivity index (χ1) is 10.3. The Morgan fingerprint density at radius 3 is 2.45 bits per heavy atom. The molecule has 0 aliphatic carbocycles. The molecule has 22 heavy (non-hydrogen) atoms. The standard InChI is InChI=1S/C14H19F3N2O2S/c15-14(16,17)12-3-5-13(6-4-12)22(20,21)19-10-11-2-1-8-18-9-7-11/h3-6,11,18-19H,1-2,7-10H2. The van der Waals surface area contributed by atoms with Crippen molar-refractivity contribution in [3.8, 4) is 0 Å². The molecular weight excluding hydrogens is 317 g/mol. The lowest BCUT2D eigenvalue weighted by molar-refractivity contribution is -0.137. The Hall–Kier alpha value is -1.12. The lowest BCUT2D eigenvalue weighted by Gasteiger charge is -2.15. The molecule has 1 aliphatic rings. The van der Waals surface area contributed by atoms with E-state index in [1.54, 1.807) is 0 Å². The van der Waals surface area contributed by atoms with E-state index in [9.17, 15) is 21.6 Å². The molecule has 0 radical (unpaired) electrons. The van der Waals surface area contributed by atoms with E-state index < -0.39 is 21.8 Å². The lowest BCUT2D eigenvalue weighted by Crippen LogP contribution is -2.30. The van der Waals surface area contributed by atoms with Crippen LogP contribution in [-0.4, -0.2) is 28.1 Å². The average Bonchev–Trinajstić information content (AvgIpc) is 2.73. The van der Waals surface area contributed by atoms with E-state index in [1.165, 1.54) is 0 Å². The van der Waals surface area contributed by atoms with Crippen molar-refractivity contribution in [3.05, 3.63) is 29.8 Å². The van der Waals surface area contributed by atoms with Gasteiger partial charge in [-0.05, 0) is 62.5 Å². The van der Waals surface area contributed by atoms with Gasteiger partial charge < -0.3 is 5.32 Å². The first-order valence-corrected chi connectivity index (χ1v) is 8.65. The zero-order valence-electron chi connectivity index (χ0n) is 12.0. The highest BCUT2D eigenvalue weighted by atomic mass is 32.2. The maximum atomic E-state index is 12.5. The molecule has 0 bridgehead atoms. The van der Waals surface area contributed by atoms with Gasteiger partial charge in [-0.2, -0.15) is 13.2 Å². The Morgan fingerprint density at radius 2 is 1.82 bits per heavy atom. The van der Waals surface area contributed by atoms with Gasteiger partial charge in [0.1, 0.15) is 0 Å². The summed E-state index contributed by atoms with van der Waals surface area (Å²) in [6.07, 6.45) is -1.66. The SMILES string of the molecule is O=S(=O)(NCC1CCCNCC1)c1ccc(C(F)(F)F)cc1. The van der Waals surface area contributed by atoms with Crippen molar-refractivity contribution in [1.29, 1.82) is 0 Å². The zero-order valence-corrected chi connectivity index (χ0v) is 12.8. The van der Waals surface area contributed by atoms with Crippen LogP contribution in [-0.2, 0) is 16.2 Å². The van der Waals surface area contributed by atoms with Crippen LogP contribution in [0.3, 0.4) is 0 Å². The second-order valence-corrected chi connectivity index (χ2v) is 7.19. The van der Waals surface area contributed by atoms with Crippen molar-refractivity contribution in [2.24, 2.45) is 5.92 Å². The second-order valence-electron chi connectivity index (χ2n) is 5.42. The molecule has 1 atom stereocenters. The molecule has 0 aromatic heterocycles. The summed E-state index contributed by atoms with van der Waals surface area (Å²) >= 11 is 0. The van der Waals surface area contributed by atoms with Gasteiger partial charge in [-0.15, -0.1) is 0 Å². The Bertz CT molecular complexity index is 577. The highest BCUT2D eigenvalue weighted by Gasteiger charge is 2.30. The molecule has 0 saturated carbocycles. The second kappa shape index (κ2) is 6.97. The van der Waals surface area contributed by atoms with E-state index in [0.29, 0.717) is 6.54 Å². The van der Waals surface area contributed by atoms with Crippen LogP contribution in [0.1, 0.15) is 24.8 Å². The van der Waals surface area contributed by atoms with E-state index in [4.69, 9.17) is 0 Å². The van der Waals surface area contributed by atoms with Crippen molar-refractivity contribution in [3.63, 3.8) is 0 Å². The van der Waals surface area contributed by atoms with Crippen LogP contribution in [0.25, 0.3) is 0 Å². The van der Waals surface area contributed by atoms with Gasteiger partial charge in [0, 0.05) is 6.54 Å². The molecule has 4 nitrogen and oxygen atoms in total. The van der Waals surface area contributed by atoms with Crippen LogP contribution in [0.4, 0.5) is 13.2 Å². The van der Waals surface area contributed by atoms with Gasteiger partial charge >= 0.3 is 6.18 Å². The molecule has 1 unspecified atom stereocenters. The molecule has 8 heteroatoms. The summed E-state index contributed by atoms with van der Waals surface area (Å²) in [4.78, 5) is -0.146. The Labute approximate surface area is 128 Å². The molecule has 1 fully saturated rings. The van der Waals surface area contributed by atoms with E-state index in [0.717, 1.165) is 56.6 Å². The van der Waals surface area contributed by atoms with Crippen LogP contribution < -0.4 is 10.0 Å². The van der Waals surface area contributed by atoms with E-state index in [2.05, 4.69) is 10.0 Å². The minimum atomic E-state index is -4.47. The molecular formula is C14H19F3N2O2S.